The maximum atomic E-state index is 12.0. The van der Waals surface area contributed by atoms with Crippen molar-refractivity contribution in [1.29, 1.82) is 0 Å². The minimum absolute atomic E-state index is 0.0178. The Balaban J connectivity index is 1.97. The Bertz CT molecular complexity index is 614. The van der Waals surface area contributed by atoms with E-state index in [-0.39, 0.29) is 5.56 Å². The van der Waals surface area contributed by atoms with Gasteiger partial charge in [-0.2, -0.15) is 0 Å². The number of amides is 1. The molecule has 23 heavy (non-hydrogen) atoms. The van der Waals surface area contributed by atoms with Gasteiger partial charge in [0.2, 0.25) is 0 Å². The van der Waals surface area contributed by atoms with Gasteiger partial charge in [-0.05, 0) is 6.07 Å². The van der Waals surface area contributed by atoms with Gasteiger partial charge in [-0.15, -0.1) is 0 Å². The van der Waals surface area contributed by atoms with Crippen LogP contribution in [0.1, 0.15) is 10.4 Å². The summed E-state index contributed by atoms with van der Waals surface area (Å²) in [6.07, 6.45) is 0. The van der Waals surface area contributed by atoms with Gasteiger partial charge in [-0.3, -0.25) is 29.9 Å². The Morgan fingerprint density at radius 3 is 2.43 bits per heavy atom. The van der Waals surface area contributed by atoms with Gasteiger partial charge in [0.05, 0.1) is 23.1 Å². The van der Waals surface area contributed by atoms with E-state index in [1.54, 1.807) is 0 Å². The lowest BCUT2D eigenvalue weighted by Crippen LogP contribution is -2.41. The second-order valence-electron chi connectivity index (χ2n) is 4.93. The smallest absolute Gasteiger partial charge is 0.346 e. The predicted octanol–water partition coefficient (Wildman–Crippen LogP) is 0.565. The summed E-state index contributed by atoms with van der Waals surface area (Å²) in [5, 5.41) is 24.3. The maximum absolute atomic E-state index is 12.0. The van der Waals surface area contributed by atoms with Gasteiger partial charge in [0.15, 0.2) is 0 Å². The molecule has 0 unspecified atom stereocenters. The van der Waals surface area contributed by atoms with Crippen LogP contribution in [0, 0.1) is 20.2 Å². The third-order valence-electron chi connectivity index (χ3n) is 3.45. The van der Waals surface area contributed by atoms with Crippen LogP contribution in [-0.2, 0) is 4.74 Å². The molecule has 1 aliphatic rings. The van der Waals surface area contributed by atoms with Crippen LogP contribution in [0.25, 0.3) is 0 Å². The molecule has 10 nitrogen and oxygen atoms in total. The van der Waals surface area contributed by atoms with E-state index in [1.165, 1.54) is 6.07 Å². The first-order valence-corrected chi connectivity index (χ1v) is 7.00. The first-order valence-electron chi connectivity index (χ1n) is 7.00. The molecule has 1 fully saturated rings. The lowest BCUT2D eigenvalue weighted by Gasteiger charge is -2.26. The highest BCUT2D eigenvalue weighted by atomic mass is 16.6. The molecule has 2 rings (SSSR count). The van der Waals surface area contributed by atoms with Crippen molar-refractivity contribution in [2.45, 2.75) is 0 Å². The molecule has 1 saturated heterocycles. The molecule has 0 bridgehead atoms. The van der Waals surface area contributed by atoms with Crippen LogP contribution in [-0.4, -0.2) is 60.0 Å². The second-order valence-corrected chi connectivity index (χ2v) is 4.93. The summed E-state index contributed by atoms with van der Waals surface area (Å²) in [5.41, 5.74) is -1.32. The molecule has 124 valence electrons. The average Bonchev–Trinajstić information content (AvgIpc) is 2.55. The van der Waals surface area contributed by atoms with Crippen molar-refractivity contribution in [2.24, 2.45) is 0 Å². The first-order chi connectivity index (χ1) is 11.0. The lowest BCUT2D eigenvalue weighted by molar-refractivity contribution is -0.422. The molecule has 0 radical (unpaired) electrons. The monoisotopic (exact) mass is 324 g/mol. The first kappa shape index (κ1) is 16.8. The van der Waals surface area contributed by atoms with Gasteiger partial charge in [0, 0.05) is 43.9 Å². The van der Waals surface area contributed by atoms with E-state index in [4.69, 9.17) is 4.74 Å². The van der Waals surface area contributed by atoms with Gasteiger partial charge >= 0.3 is 11.4 Å². The van der Waals surface area contributed by atoms with Crippen LogP contribution in [0.3, 0.4) is 0 Å². The van der Waals surface area contributed by atoms with Crippen LogP contribution in [0.4, 0.5) is 11.4 Å². The number of carbonyl (C=O) groups excluding carboxylic acids is 1. The number of carbonyl (C=O) groups is 1. The van der Waals surface area contributed by atoms with Gasteiger partial charge in [0.25, 0.3) is 5.91 Å². The largest absolute Gasteiger partial charge is 0.379 e. The summed E-state index contributed by atoms with van der Waals surface area (Å²) in [6.45, 7) is 3.91. The summed E-state index contributed by atoms with van der Waals surface area (Å²) < 4.78 is 5.21. The summed E-state index contributed by atoms with van der Waals surface area (Å²) >= 11 is 0. The third kappa shape index (κ3) is 4.44. The summed E-state index contributed by atoms with van der Waals surface area (Å²) in [7, 11) is 0. The van der Waals surface area contributed by atoms with Crippen molar-refractivity contribution in [3.05, 3.63) is 44.0 Å². The van der Waals surface area contributed by atoms with E-state index in [1.807, 2.05) is 0 Å². The molecular formula is C13H16N4O6. The number of nitrogens with one attached hydrogen (secondary N) is 1. The maximum Gasteiger partial charge on any atom is 0.346 e. The zero-order valence-electron chi connectivity index (χ0n) is 12.3. The molecule has 0 spiro atoms. The lowest BCUT2D eigenvalue weighted by atomic mass is 10.1. The predicted molar refractivity (Wildman–Crippen MR) is 79.3 cm³/mol. The zero-order valence-corrected chi connectivity index (χ0v) is 12.3. The number of hydrogen-bond acceptors (Lipinski definition) is 7. The van der Waals surface area contributed by atoms with Crippen LogP contribution in [0.15, 0.2) is 18.2 Å². The van der Waals surface area contributed by atoms with Gasteiger partial charge in [-0.1, -0.05) is 0 Å². The molecule has 10 heteroatoms. The molecule has 1 aromatic carbocycles. The van der Waals surface area contributed by atoms with E-state index in [0.29, 0.717) is 26.3 Å². The van der Waals surface area contributed by atoms with Gasteiger partial charge in [-0.25, -0.2) is 0 Å². The number of rotatable bonds is 6. The molecule has 1 aromatic rings. The van der Waals surface area contributed by atoms with Crippen molar-refractivity contribution >= 4 is 17.3 Å². The number of nitro benzene ring substituents is 2. The molecule has 1 amide bonds. The molecule has 0 aliphatic carbocycles. The number of morpholine rings is 1. The number of nitrogens with zero attached hydrogens (tertiary/aromatic N) is 3. The summed E-state index contributed by atoms with van der Waals surface area (Å²) in [6, 6.07) is 3.09. The van der Waals surface area contributed by atoms with E-state index in [0.717, 1.165) is 25.2 Å². The Morgan fingerprint density at radius 2 is 1.83 bits per heavy atom. The number of ether oxygens (including phenoxy) is 1. The highest BCUT2D eigenvalue weighted by molar-refractivity contribution is 5.95. The number of hydrogen-bond donors (Lipinski definition) is 1. The van der Waals surface area contributed by atoms with E-state index in [9.17, 15) is 25.0 Å². The standard InChI is InChI=1S/C13H16N4O6/c18-13(14-3-4-15-5-7-23-8-6-15)10-1-2-11(16(19)20)12(9-10)17(21)22/h1-2,9H,3-8H2,(H,14,18). The minimum atomic E-state index is -0.872. The summed E-state index contributed by atoms with van der Waals surface area (Å²) in [5.74, 6) is -0.503. The fraction of sp³-hybridized carbons (Fsp3) is 0.462. The molecule has 0 aromatic heterocycles. The van der Waals surface area contributed by atoms with Gasteiger partial charge in [0.1, 0.15) is 0 Å². The number of nitro groups is 2. The fourth-order valence-electron chi connectivity index (χ4n) is 2.22. The SMILES string of the molecule is O=C(NCCN1CCOCC1)c1ccc([N+](=O)[O-])c([N+](=O)[O-])c1. The van der Waals surface area contributed by atoms with Crippen LogP contribution in [0.2, 0.25) is 0 Å². The van der Waals surface area contributed by atoms with Crippen molar-refractivity contribution in [2.75, 3.05) is 39.4 Å². The van der Waals surface area contributed by atoms with Crippen LogP contribution >= 0.6 is 0 Å². The Hall–Kier alpha value is -2.59. The van der Waals surface area contributed by atoms with Gasteiger partial charge < -0.3 is 10.1 Å². The van der Waals surface area contributed by atoms with Crippen LogP contribution in [0.5, 0.6) is 0 Å². The zero-order chi connectivity index (χ0) is 16.8. The van der Waals surface area contributed by atoms with E-state index in [2.05, 4.69) is 10.2 Å². The van der Waals surface area contributed by atoms with Crippen molar-refractivity contribution in [3.8, 4) is 0 Å². The second kappa shape index (κ2) is 7.61. The normalized spacial score (nSPS) is 15.1. The minimum Gasteiger partial charge on any atom is -0.379 e. The highest BCUT2D eigenvalue weighted by Crippen LogP contribution is 2.27. The van der Waals surface area contributed by atoms with E-state index >= 15 is 0 Å². The van der Waals surface area contributed by atoms with Crippen molar-refractivity contribution in [3.63, 3.8) is 0 Å². The average molecular weight is 324 g/mol. The quantitative estimate of drug-likeness (QED) is 0.598. The highest BCUT2D eigenvalue weighted by Gasteiger charge is 2.25. The Morgan fingerprint density at radius 1 is 1.17 bits per heavy atom. The number of benzene rings is 1. The van der Waals surface area contributed by atoms with Crippen molar-refractivity contribution < 1.29 is 19.4 Å². The molecule has 1 N–H and O–H groups in total. The molecular weight excluding hydrogens is 308 g/mol. The van der Waals surface area contributed by atoms with Crippen LogP contribution < -0.4 is 5.32 Å². The van der Waals surface area contributed by atoms with E-state index < -0.39 is 27.1 Å². The molecule has 0 atom stereocenters. The Kier molecular flexibility index (Phi) is 5.55. The molecule has 1 aliphatic heterocycles. The topological polar surface area (TPSA) is 128 Å². The molecule has 1 heterocycles. The summed E-state index contributed by atoms with van der Waals surface area (Å²) in [4.78, 5) is 34.0. The Labute approximate surface area is 131 Å². The van der Waals surface area contributed by atoms with Crippen molar-refractivity contribution in [1.82, 2.24) is 10.2 Å². The third-order valence-corrected chi connectivity index (χ3v) is 3.45. The molecule has 0 saturated carbocycles. The fourth-order valence-corrected chi connectivity index (χ4v) is 2.22.